The van der Waals surface area contributed by atoms with Gasteiger partial charge in [0, 0.05) is 13.6 Å². The normalized spacial score (nSPS) is 14.8. The van der Waals surface area contributed by atoms with Gasteiger partial charge in [0.05, 0.1) is 5.70 Å². The maximum atomic E-state index is 12.8. The number of nitrogens with one attached hydrogen (secondary N) is 1. The van der Waals surface area contributed by atoms with Crippen LogP contribution in [0.25, 0.3) is 6.08 Å². The fourth-order valence-electron chi connectivity index (χ4n) is 3.10. The summed E-state index contributed by atoms with van der Waals surface area (Å²) in [7, 11) is 1.40. The average Bonchev–Trinajstić information content (AvgIpc) is 2.93. The van der Waals surface area contributed by atoms with E-state index in [1.165, 1.54) is 17.2 Å². The molecule has 0 unspecified atom stereocenters. The second kappa shape index (κ2) is 6.78. The first kappa shape index (κ1) is 17.9. The number of carbonyl (C=O) groups is 1. The highest BCUT2D eigenvalue weighted by molar-refractivity contribution is 6.19. The highest BCUT2D eigenvalue weighted by Gasteiger charge is 2.32. The lowest BCUT2D eigenvalue weighted by Crippen LogP contribution is -2.40. The molecule has 1 aromatic heterocycles. The van der Waals surface area contributed by atoms with E-state index in [4.69, 9.17) is 0 Å². The van der Waals surface area contributed by atoms with Crippen molar-refractivity contribution in [2.75, 3.05) is 5.32 Å². The van der Waals surface area contributed by atoms with E-state index in [1.807, 2.05) is 31.2 Å². The van der Waals surface area contributed by atoms with Crippen LogP contribution in [0.3, 0.4) is 0 Å². The molecule has 0 amide bonds. The van der Waals surface area contributed by atoms with E-state index in [9.17, 15) is 14.4 Å². The Morgan fingerprint density at radius 2 is 1.77 bits per heavy atom. The number of rotatable bonds is 4. The molecule has 1 aliphatic rings. The Morgan fingerprint density at radius 1 is 1.12 bits per heavy atom. The highest BCUT2D eigenvalue weighted by Crippen LogP contribution is 2.26. The number of anilines is 1. The Labute approximate surface area is 151 Å². The Balaban J connectivity index is 2.07. The molecule has 0 radical (unpaired) electrons. The van der Waals surface area contributed by atoms with Crippen LogP contribution in [0.2, 0.25) is 0 Å². The maximum Gasteiger partial charge on any atom is 0.332 e. The number of carbonyl (C=O) groups excluding carboxylic acids is 1. The molecular formula is C20H23N3O3. The first-order valence-corrected chi connectivity index (χ1v) is 8.82. The fraction of sp³-hybridized carbons (Fsp3) is 0.350. The topological polar surface area (TPSA) is 73.1 Å². The summed E-state index contributed by atoms with van der Waals surface area (Å²) in [4.78, 5) is 37.6. The van der Waals surface area contributed by atoms with Crippen LogP contribution < -0.4 is 16.6 Å². The summed E-state index contributed by atoms with van der Waals surface area (Å²) < 4.78 is 2.45. The van der Waals surface area contributed by atoms with E-state index >= 15 is 0 Å². The van der Waals surface area contributed by atoms with Crippen molar-refractivity contribution in [2.24, 2.45) is 7.05 Å². The third-order valence-corrected chi connectivity index (χ3v) is 4.63. The molecule has 1 N–H and O–H groups in total. The molecule has 0 fully saturated rings. The van der Waals surface area contributed by atoms with E-state index in [0.29, 0.717) is 24.0 Å². The minimum atomic E-state index is -0.562. The Bertz CT molecular complexity index is 1010. The predicted molar refractivity (Wildman–Crippen MR) is 103 cm³/mol. The van der Waals surface area contributed by atoms with Gasteiger partial charge in [0.2, 0.25) is 5.78 Å². The zero-order valence-corrected chi connectivity index (χ0v) is 15.5. The Kier molecular flexibility index (Phi) is 4.68. The summed E-state index contributed by atoms with van der Waals surface area (Å²) in [6.07, 6.45) is 2.43. The SMILES string of the molecule is CCCn1c2c(c(=O)n(C)c1=O)C(=O)/C(=C/c1ccc(C(C)C)cc1)N2. The zero-order valence-electron chi connectivity index (χ0n) is 15.5. The fourth-order valence-corrected chi connectivity index (χ4v) is 3.10. The van der Waals surface area contributed by atoms with Gasteiger partial charge >= 0.3 is 5.69 Å². The molecule has 26 heavy (non-hydrogen) atoms. The zero-order chi connectivity index (χ0) is 19.0. The summed E-state index contributed by atoms with van der Waals surface area (Å²) in [5.41, 5.74) is 1.44. The minimum Gasteiger partial charge on any atom is -0.338 e. The van der Waals surface area contributed by atoms with Crippen LogP contribution in [-0.2, 0) is 13.6 Å². The van der Waals surface area contributed by atoms with Crippen LogP contribution in [-0.4, -0.2) is 14.9 Å². The number of ketones is 1. The van der Waals surface area contributed by atoms with Crippen molar-refractivity contribution >= 4 is 17.7 Å². The van der Waals surface area contributed by atoms with Gasteiger partial charge in [-0.15, -0.1) is 0 Å². The summed E-state index contributed by atoms with van der Waals surface area (Å²) in [5, 5.41) is 2.99. The molecule has 1 aliphatic heterocycles. The molecule has 0 spiro atoms. The number of aromatic nitrogens is 2. The first-order chi connectivity index (χ1) is 12.3. The van der Waals surface area contributed by atoms with E-state index < -0.39 is 11.2 Å². The molecule has 0 atom stereocenters. The molecule has 6 heteroatoms. The molecule has 2 heterocycles. The third kappa shape index (κ3) is 2.92. The monoisotopic (exact) mass is 353 g/mol. The smallest absolute Gasteiger partial charge is 0.332 e. The van der Waals surface area contributed by atoms with Gasteiger partial charge in [-0.25, -0.2) is 4.79 Å². The number of fused-ring (bicyclic) bond motifs is 1. The highest BCUT2D eigenvalue weighted by atomic mass is 16.2. The van der Waals surface area contributed by atoms with Crippen molar-refractivity contribution in [3.63, 3.8) is 0 Å². The first-order valence-electron chi connectivity index (χ1n) is 8.82. The molecule has 3 rings (SSSR count). The van der Waals surface area contributed by atoms with E-state index in [1.54, 1.807) is 6.08 Å². The quantitative estimate of drug-likeness (QED) is 0.858. The van der Waals surface area contributed by atoms with Crippen molar-refractivity contribution in [2.45, 2.75) is 39.7 Å². The summed E-state index contributed by atoms with van der Waals surface area (Å²) in [5.74, 6) is 0.354. The summed E-state index contributed by atoms with van der Waals surface area (Å²) in [6, 6.07) is 7.93. The lowest BCUT2D eigenvalue weighted by atomic mass is 10.0. The number of Topliss-reactive ketones (excluding diaryl/α,β-unsaturated/α-hetero) is 1. The second-order valence-electron chi connectivity index (χ2n) is 6.86. The standard InChI is InChI=1S/C20H23N3O3/c1-5-10-23-18-16(19(25)22(4)20(23)26)17(24)15(21-18)11-13-6-8-14(9-7-13)12(2)3/h6-9,11-12,21H,5,10H2,1-4H3/b15-11-. The van der Waals surface area contributed by atoms with Crippen molar-refractivity contribution in [1.82, 2.24) is 9.13 Å². The number of nitrogens with zero attached hydrogens (tertiary/aromatic N) is 2. The second-order valence-corrected chi connectivity index (χ2v) is 6.86. The van der Waals surface area contributed by atoms with Gasteiger partial charge in [-0.1, -0.05) is 45.0 Å². The van der Waals surface area contributed by atoms with Crippen LogP contribution in [0.15, 0.2) is 39.6 Å². The van der Waals surface area contributed by atoms with Crippen molar-refractivity contribution in [3.8, 4) is 0 Å². The number of hydrogen-bond acceptors (Lipinski definition) is 4. The molecule has 0 bridgehead atoms. The van der Waals surface area contributed by atoms with Gasteiger partial charge < -0.3 is 5.32 Å². The molecule has 1 aromatic carbocycles. The largest absolute Gasteiger partial charge is 0.338 e. The molecular weight excluding hydrogens is 330 g/mol. The van der Waals surface area contributed by atoms with Crippen LogP contribution in [0, 0.1) is 0 Å². The molecule has 0 aliphatic carbocycles. The van der Waals surface area contributed by atoms with Gasteiger partial charge in [-0.3, -0.25) is 18.7 Å². The molecule has 0 saturated carbocycles. The predicted octanol–water partition coefficient (Wildman–Crippen LogP) is 2.73. The third-order valence-electron chi connectivity index (χ3n) is 4.63. The van der Waals surface area contributed by atoms with Crippen molar-refractivity contribution in [3.05, 3.63) is 67.5 Å². The minimum absolute atomic E-state index is 0.0330. The lowest BCUT2D eigenvalue weighted by molar-refractivity contribution is 0.104. The lowest BCUT2D eigenvalue weighted by Gasteiger charge is -2.11. The number of allylic oxidation sites excluding steroid dienone is 1. The van der Waals surface area contributed by atoms with Gasteiger partial charge in [-0.05, 0) is 29.5 Å². The Morgan fingerprint density at radius 3 is 2.35 bits per heavy atom. The Hall–Kier alpha value is -2.89. The number of benzene rings is 1. The average molecular weight is 353 g/mol. The van der Waals surface area contributed by atoms with Crippen LogP contribution >= 0.6 is 0 Å². The molecule has 136 valence electrons. The van der Waals surface area contributed by atoms with Gasteiger partial charge in [0.15, 0.2) is 0 Å². The summed E-state index contributed by atoms with van der Waals surface area (Å²) >= 11 is 0. The van der Waals surface area contributed by atoms with Crippen LogP contribution in [0.1, 0.15) is 54.6 Å². The molecule has 0 saturated heterocycles. The van der Waals surface area contributed by atoms with Crippen LogP contribution in [0.5, 0.6) is 0 Å². The van der Waals surface area contributed by atoms with Gasteiger partial charge in [-0.2, -0.15) is 0 Å². The van der Waals surface area contributed by atoms with E-state index in [2.05, 4.69) is 19.2 Å². The van der Waals surface area contributed by atoms with E-state index in [-0.39, 0.29) is 11.3 Å². The van der Waals surface area contributed by atoms with Gasteiger partial charge in [0.25, 0.3) is 5.56 Å². The van der Waals surface area contributed by atoms with Crippen LogP contribution in [0.4, 0.5) is 5.82 Å². The van der Waals surface area contributed by atoms with Gasteiger partial charge in [0.1, 0.15) is 11.4 Å². The summed E-state index contributed by atoms with van der Waals surface area (Å²) in [6.45, 7) is 6.61. The molecule has 6 nitrogen and oxygen atoms in total. The van der Waals surface area contributed by atoms with Crippen molar-refractivity contribution < 1.29 is 4.79 Å². The van der Waals surface area contributed by atoms with Crippen molar-refractivity contribution in [1.29, 1.82) is 0 Å². The number of hydrogen-bond donors (Lipinski definition) is 1. The van der Waals surface area contributed by atoms with E-state index in [0.717, 1.165) is 16.6 Å². The maximum absolute atomic E-state index is 12.8. The molecule has 2 aromatic rings.